The van der Waals surface area contributed by atoms with E-state index in [2.05, 4.69) is 15.8 Å². The minimum Gasteiger partial charge on any atom is -0.490 e. The summed E-state index contributed by atoms with van der Waals surface area (Å²) in [5.74, 6) is 0.431. The van der Waals surface area contributed by atoms with Gasteiger partial charge in [-0.05, 0) is 61.0 Å². The van der Waals surface area contributed by atoms with Gasteiger partial charge in [-0.15, -0.1) is 0 Å². The Balaban J connectivity index is 1.32. The van der Waals surface area contributed by atoms with E-state index in [0.717, 1.165) is 12.1 Å². The standard InChI is InChI=1S/C27H24F3N3O6/c1-2-36-23-12-17(14-31-33-26(35)24-15-37-20-8-3-4-9-22(20)39-24)10-11-21(23)38-16-25(34)32-19-7-5-6-18(13-19)27(28,29)30/h3-14,24H,2,15-16H2,1H3,(H,32,34)(H,33,35)/t24-/m1/s1. The van der Waals surface area contributed by atoms with Gasteiger partial charge >= 0.3 is 6.18 Å². The second kappa shape index (κ2) is 12.2. The van der Waals surface area contributed by atoms with Gasteiger partial charge in [0.05, 0.1) is 18.4 Å². The summed E-state index contributed by atoms with van der Waals surface area (Å²) in [5, 5.41) is 6.32. The Morgan fingerprint density at radius 3 is 2.59 bits per heavy atom. The minimum absolute atomic E-state index is 0.00791. The third-order valence-corrected chi connectivity index (χ3v) is 5.29. The summed E-state index contributed by atoms with van der Waals surface area (Å²) >= 11 is 0. The van der Waals surface area contributed by atoms with E-state index in [0.29, 0.717) is 29.4 Å². The third-order valence-electron chi connectivity index (χ3n) is 5.29. The second-order valence-electron chi connectivity index (χ2n) is 8.15. The number of carbonyl (C=O) groups excluding carboxylic acids is 2. The molecule has 3 aromatic rings. The van der Waals surface area contributed by atoms with Gasteiger partial charge in [-0.3, -0.25) is 9.59 Å². The molecule has 4 rings (SSSR count). The molecule has 1 heterocycles. The molecule has 0 radical (unpaired) electrons. The molecule has 0 saturated carbocycles. The van der Waals surface area contributed by atoms with E-state index in [1.807, 2.05) is 0 Å². The number of anilines is 1. The van der Waals surface area contributed by atoms with E-state index in [4.69, 9.17) is 18.9 Å². The first-order valence-electron chi connectivity index (χ1n) is 11.8. The average molecular weight is 543 g/mol. The Morgan fingerprint density at radius 2 is 1.82 bits per heavy atom. The molecule has 9 nitrogen and oxygen atoms in total. The van der Waals surface area contributed by atoms with Crippen LogP contribution in [0.15, 0.2) is 71.8 Å². The number of halogens is 3. The Kier molecular flexibility index (Phi) is 8.54. The maximum atomic E-state index is 12.9. The van der Waals surface area contributed by atoms with Gasteiger partial charge < -0.3 is 24.3 Å². The fourth-order valence-electron chi connectivity index (χ4n) is 3.50. The Morgan fingerprint density at radius 1 is 1.03 bits per heavy atom. The highest BCUT2D eigenvalue weighted by Crippen LogP contribution is 2.32. The highest BCUT2D eigenvalue weighted by atomic mass is 19.4. The molecule has 39 heavy (non-hydrogen) atoms. The van der Waals surface area contributed by atoms with Gasteiger partial charge in [0.2, 0.25) is 6.10 Å². The van der Waals surface area contributed by atoms with E-state index in [-0.39, 0.29) is 18.0 Å². The maximum absolute atomic E-state index is 12.9. The lowest BCUT2D eigenvalue weighted by Gasteiger charge is -2.24. The van der Waals surface area contributed by atoms with Crippen molar-refractivity contribution in [2.75, 3.05) is 25.1 Å². The number of carbonyl (C=O) groups is 2. The number of hydrogen-bond donors (Lipinski definition) is 2. The van der Waals surface area contributed by atoms with Crippen molar-refractivity contribution >= 4 is 23.7 Å². The van der Waals surface area contributed by atoms with Crippen molar-refractivity contribution in [3.8, 4) is 23.0 Å². The average Bonchev–Trinajstić information content (AvgIpc) is 2.92. The van der Waals surface area contributed by atoms with E-state index < -0.39 is 36.3 Å². The van der Waals surface area contributed by atoms with Gasteiger partial charge in [0.25, 0.3) is 11.8 Å². The van der Waals surface area contributed by atoms with Gasteiger partial charge in [-0.2, -0.15) is 18.3 Å². The summed E-state index contributed by atoms with van der Waals surface area (Å²) in [4.78, 5) is 24.6. The molecule has 0 unspecified atom stereocenters. The lowest BCUT2D eigenvalue weighted by molar-refractivity contribution is -0.137. The predicted molar refractivity (Wildman–Crippen MR) is 135 cm³/mol. The first kappa shape index (κ1) is 27.3. The van der Waals surface area contributed by atoms with Gasteiger partial charge in [0, 0.05) is 5.69 Å². The van der Waals surface area contributed by atoms with Crippen LogP contribution in [0.5, 0.6) is 23.0 Å². The van der Waals surface area contributed by atoms with E-state index in [9.17, 15) is 22.8 Å². The summed E-state index contributed by atoms with van der Waals surface area (Å²) in [6.07, 6.45) is -4.00. The molecule has 0 spiro atoms. The first-order valence-corrected chi connectivity index (χ1v) is 11.8. The number of ether oxygens (including phenoxy) is 4. The van der Waals surface area contributed by atoms with Crippen molar-refractivity contribution in [3.05, 3.63) is 77.9 Å². The summed E-state index contributed by atoms with van der Waals surface area (Å²) in [7, 11) is 0. The number of fused-ring (bicyclic) bond motifs is 1. The number of nitrogens with one attached hydrogen (secondary N) is 2. The summed E-state index contributed by atoms with van der Waals surface area (Å²) < 4.78 is 60.9. The smallest absolute Gasteiger partial charge is 0.416 e. The zero-order chi connectivity index (χ0) is 27.8. The van der Waals surface area contributed by atoms with Crippen molar-refractivity contribution in [2.24, 2.45) is 5.10 Å². The predicted octanol–water partition coefficient (Wildman–Crippen LogP) is 4.41. The normalized spacial score (nSPS) is 14.5. The first-order chi connectivity index (χ1) is 18.7. The van der Waals surface area contributed by atoms with Crippen LogP contribution in [0.2, 0.25) is 0 Å². The molecule has 0 aromatic heterocycles. The Labute approximate surface area is 221 Å². The molecule has 2 amide bonds. The molecular weight excluding hydrogens is 519 g/mol. The number of alkyl halides is 3. The second-order valence-corrected chi connectivity index (χ2v) is 8.15. The van der Waals surface area contributed by atoms with Gasteiger partial charge in [0.15, 0.2) is 29.6 Å². The lowest BCUT2D eigenvalue weighted by Crippen LogP contribution is -2.42. The highest BCUT2D eigenvalue weighted by molar-refractivity contribution is 5.92. The molecule has 0 bridgehead atoms. The lowest BCUT2D eigenvalue weighted by atomic mass is 10.2. The summed E-state index contributed by atoms with van der Waals surface area (Å²) in [6.45, 7) is 1.63. The third kappa shape index (κ3) is 7.40. The Bertz CT molecular complexity index is 1360. The SMILES string of the molecule is CCOc1cc(C=NNC(=O)[C@H]2COc3ccccc3O2)ccc1OCC(=O)Nc1cccc(C(F)(F)F)c1. The summed E-state index contributed by atoms with van der Waals surface area (Å²) in [5.41, 5.74) is 2.08. The van der Waals surface area contributed by atoms with Crippen molar-refractivity contribution in [1.82, 2.24) is 5.43 Å². The monoisotopic (exact) mass is 543 g/mol. The number of nitrogens with zero attached hydrogens (tertiary/aromatic N) is 1. The molecule has 3 aromatic carbocycles. The van der Waals surface area contributed by atoms with Gasteiger partial charge in [0.1, 0.15) is 6.61 Å². The number of rotatable bonds is 9. The number of para-hydroxylation sites is 2. The number of hydrogen-bond acceptors (Lipinski definition) is 7. The van der Waals surface area contributed by atoms with Crippen molar-refractivity contribution in [1.29, 1.82) is 0 Å². The van der Waals surface area contributed by atoms with Crippen LogP contribution in [0.4, 0.5) is 18.9 Å². The minimum atomic E-state index is -4.53. The van der Waals surface area contributed by atoms with Crippen LogP contribution in [0.1, 0.15) is 18.1 Å². The quantitative estimate of drug-likeness (QED) is 0.306. The molecule has 0 aliphatic carbocycles. The molecule has 12 heteroatoms. The topological polar surface area (TPSA) is 107 Å². The number of amides is 2. The number of benzene rings is 3. The van der Waals surface area contributed by atoms with Crippen molar-refractivity contribution in [2.45, 2.75) is 19.2 Å². The number of hydrazone groups is 1. The van der Waals surface area contributed by atoms with E-state index in [1.165, 1.54) is 18.3 Å². The summed E-state index contributed by atoms with van der Waals surface area (Å²) in [6, 6.07) is 16.1. The largest absolute Gasteiger partial charge is 0.490 e. The van der Waals surface area contributed by atoms with E-state index in [1.54, 1.807) is 49.4 Å². The molecule has 1 aliphatic rings. The maximum Gasteiger partial charge on any atom is 0.416 e. The molecule has 1 aliphatic heterocycles. The van der Waals surface area contributed by atoms with Gasteiger partial charge in [-0.25, -0.2) is 5.43 Å². The van der Waals surface area contributed by atoms with Crippen LogP contribution in [0.25, 0.3) is 0 Å². The molecule has 204 valence electrons. The Hall–Kier alpha value is -4.74. The molecule has 0 saturated heterocycles. The van der Waals surface area contributed by atoms with Crippen molar-refractivity contribution in [3.63, 3.8) is 0 Å². The van der Waals surface area contributed by atoms with E-state index >= 15 is 0 Å². The van der Waals surface area contributed by atoms with Crippen LogP contribution < -0.4 is 29.7 Å². The molecule has 0 fully saturated rings. The van der Waals surface area contributed by atoms with Crippen LogP contribution in [-0.4, -0.2) is 44.0 Å². The van der Waals surface area contributed by atoms with Gasteiger partial charge in [-0.1, -0.05) is 18.2 Å². The fourth-order valence-corrected chi connectivity index (χ4v) is 3.50. The zero-order valence-electron chi connectivity index (χ0n) is 20.7. The van der Waals surface area contributed by atoms with Crippen molar-refractivity contribution < 1.29 is 41.7 Å². The molecular formula is C27H24F3N3O6. The fraction of sp³-hybridized carbons (Fsp3) is 0.222. The van der Waals surface area contributed by atoms with Crippen LogP contribution in [-0.2, 0) is 15.8 Å². The van der Waals surface area contributed by atoms with Crippen LogP contribution >= 0.6 is 0 Å². The molecule has 2 N–H and O–H groups in total. The zero-order valence-corrected chi connectivity index (χ0v) is 20.7. The van der Waals surface area contributed by atoms with Crippen LogP contribution in [0, 0.1) is 0 Å². The van der Waals surface area contributed by atoms with Crippen LogP contribution in [0.3, 0.4) is 0 Å². The highest BCUT2D eigenvalue weighted by Gasteiger charge is 2.30. The molecule has 1 atom stereocenters.